The maximum absolute atomic E-state index is 6.43. The van der Waals surface area contributed by atoms with E-state index in [1.807, 2.05) is 0 Å². The van der Waals surface area contributed by atoms with E-state index in [1.165, 1.54) is 32.2 Å². The second-order valence-corrected chi connectivity index (χ2v) is 7.93. The van der Waals surface area contributed by atoms with Gasteiger partial charge in [0.2, 0.25) is 0 Å². The molecule has 2 aliphatic rings. The molecule has 0 spiro atoms. The molecule has 0 radical (unpaired) electrons. The highest BCUT2D eigenvalue weighted by molar-refractivity contribution is 4.90. The van der Waals surface area contributed by atoms with Crippen LogP contribution in [0, 0.1) is 17.3 Å². The van der Waals surface area contributed by atoms with Crippen molar-refractivity contribution in [2.75, 3.05) is 26.3 Å². The normalized spacial score (nSPS) is 37.0. The molecule has 2 N–H and O–H groups in total. The second kappa shape index (κ2) is 6.76. The fourth-order valence-corrected chi connectivity index (χ4v) is 3.89. The monoisotopic (exact) mass is 282 g/mol. The molecule has 0 bridgehead atoms. The summed E-state index contributed by atoms with van der Waals surface area (Å²) in [7, 11) is 0. The summed E-state index contributed by atoms with van der Waals surface area (Å²) >= 11 is 0. The average molecular weight is 282 g/mol. The third-order valence-electron chi connectivity index (χ3n) is 5.56. The van der Waals surface area contributed by atoms with Crippen molar-refractivity contribution in [3.05, 3.63) is 0 Å². The minimum Gasteiger partial charge on any atom is -0.378 e. The number of hydrogen-bond acceptors (Lipinski definition) is 3. The quantitative estimate of drug-likeness (QED) is 0.865. The topological polar surface area (TPSA) is 38.5 Å². The van der Waals surface area contributed by atoms with Crippen molar-refractivity contribution in [1.82, 2.24) is 4.90 Å². The first-order chi connectivity index (χ1) is 9.41. The zero-order valence-corrected chi connectivity index (χ0v) is 13.9. The van der Waals surface area contributed by atoms with Gasteiger partial charge in [-0.3, -0.25) is 4.90 Å². The van der Waals surface area contributed by atoms with Crippen LogP contribution in [-0.2, 0) is 4.74 Å². The van der Waals surface area contributed by atoms with Gasteiger partial charge >= 0.3 is 0 Å². The molecule has 1 aliphatic heterocycles. The molecule has 0 aromatic rings. The summed E-state index contributed by atoms with van der Waals surface area (Å²) in [5.74, 6) is 1.49. The Hall–Kier alpha value is -0.120. The molecule has 0 amide bonds. The first-order valence-corrected chi connectivity index (χ1v) is 8.49. The van der Waals surface area contributed by atoms with E-state index in [-0.39, 0.29) is 0 Å². The van der Waals surface area contributed by atoms with Crippen LogP contribution >= 0.6 is 0 Å². The molecule has 118 valence electrons. The van der Waals surface area contributed by atoms with E-state index in [1.54, 1.807) is 0 Å². The fourth-order valence-electron chi connectivity index (χ4n) is 3.89. The fraction of sp³-hybridized carbons (Fsp3) is 1.00. The standard InChI is InChI=1S/C17H34N2O/c1-5-15-12-20-9-8-19(15)11-13-10-14(17(2,3)4)6-7-16(13)18/h13-16H,5-12,18H2,1-4H3. The molecule has 4 atom stereocenters. The molecule has 3 nitrogen and oxygen atoms in total. The van der Waals surface area contributed by atoms with E-state index >= 15 is 0 Å². The number of nitrogens with zero attached hydrogens (tertiary/aromatic N) is 1. The van der Waals surface area contributed by atoms with Crippen molar-refractivity contribution in [3.8, 4) is 0 Å². The summed E-state index contributed by atoms with van der Waals surface area (Å²) in [5, 5.41) is 0. The molecule has 20 heavy (non-hydrogen) atoms. The van der Waals surface area contributed by atoms with Crippen LogP contribution in [0.4, 0.5) is 0 Å². The van der Waals surface area contributed by atoms with Gasteiger partial charge in [0.1, 0.15) is 0 Å². The van der Waals surface area contributed by atoms with Crippen molar-refractivity contribution >= 4 is 0 Å². The van der Waals surface area contributed by atoms with Gasteiger partial charge in [0.05, 0.1) is 13.2 Å². The van der Waals surface area contributed by atoms with Crippen molar-refractivity contribution in [2.24, 2.45) is 23.0 Å². The molecule has 1 aliphatic carbocycles. The van der Waals surface area contributed by atoms with Gasteiger partial charge < -0.3 is 10.5 Å². The lowest BCUT2D eigenvalue weighted by Gasteiger charge is -2.44. The molecular weight excluding hydrogens is 248 g/mol. The Balaban J connectivity index is 1.95. The van der Waals surface area contributed by atoms with Gasteiger partial charge in [-0.15, -0.1) is 0 Å². The second-order valence-electron chi connectivity index (χ2n) is 7.93. The van der Waals surface area contributed by atoms with E-state index in [4.69, 9.17) is 10.5 Å². The summed E-state index contributed by atoms with van der Waals surface area (Å²) in [6.07, 6.45) is 5.00. The van der Waals surface area contributed by atoms with E-state index in [0.717, 1.165) is 25.7 Å². The van der Waals surface area contributed by atoms with Crippen LogP contribution in [0.15, 0.2) is 0 Å². The van der Waals surface area contributed by atoms with Crippen LogP contribution in [0.5, 0.6) is 0 Å². The van der Waals surface area contributed by atoms with E-state index < -0.39 is 0 Å². The molecule has 1 saturated heterocycles. The summed E-state index contributed by atoms with van der Waals surface area (Å²) < 4.78 is 5.62. The number of nitrogens with two attached hydrogens (primary N) is 1. The zero-order valence-electron chi connectivity index (χ0n) is 13.9. The molecule has 2 fully saturated rings. The highest BCUT2D eigenvalue weighted by Crippen LogP contribution is 2.40. The Labute approximate surface area is 125 Å². The van der Waals surface area contributed by atoms with Crippen LogP contribution in [-0.4, -0.2) is 43.3 Å². The van der Waals surface area contributed by atoms with Crippen LogP contribution in [0.25, 0.3) is 0 Å². The molecule has 0 aromatic carbocycles. The van der Waals surface area contributed by atoms with Crippen LogP contribution in [0.2, 0.25) is 0 Å². The van der Waals surface area contributed by atoms with Crippen LogP contribution in [0.1, 0.15) is 53.4 Å². The van der Waals surface area contributed by atoms with Gasteiger partial charge in [-0.2, -0.15) is 0 Å². The summed E-state index contributed by atoms with van der Waals surface area (Å²) in [6, 6.07) is 1.000. The summed E-state index contributed by atoms with van der Waals surface area (Å²) in [6.45, 7) is 13.5. The van der Waals surface area contributed by atoms with Crippen molar-refractivity contribution < 1.29 is 4.74 Å². The smallest absolute Gasteiger partial charge is 0.0622 e. The van der Waals surface area contributed by atoms with Gasteiger partial charge in [0.15, 0.2) is 0 Å². The van der Waals surface area contributed by atoms with Gasteiger partial charge in [-0.05, 0) is 42.9 Å². The molecule has 1 heterocycles. The van der Waals surface area contributed by atoms with E-state index in [0.29, 0.717) is 23.4 Å². The van der Waals surface area contributed by atoms with Gasteiger partial charge in [-0.25, -0.2) is 0 Å². The maximum Gasteiger partial charge on any atom is 0.0622 e. The Kier molecular flexibility index (Phi) is 5.49. The summed E-state index contributed by atoms with van der Waals surface area (Å²) in [4.78, 5) is 2.64. The van der Waals surface area contributed by atoms with Crippen molar-refractivity contribution in [2.45, 2.75) is 65.5 Å². The van der Waals surface area contributed by atoms with Crippen LogP contribution in [0.3, 0.4) is 0 Å². The minimum absolute atomic E-state index is 0.397. The molecule has 1 saturated carbocycles. The number of ether oxygens (including phenoxy) is 1. The zero-order chi connectivity index (χ0) is 14.8. The Morgan fingerprint density at radius 2 is 2.00 bits per heavy atom. The lowest BCUT2D eigenvalue weighted by Crippen LogP contribution is -2.51. The highest BCUT2D eigenvalue weighted by Gasteiger charge is 2.36. The third-order valence-corrected chi connectivity index (χ3v) is 5.56. The van der Waals surface area contributed by atoms with Gasteiger partial charge in [-0.1, -0.05) is 27.7 Å². The Bertz CT molecular complexity index is 300. The predicted molar refractivity (Wildman–Crippen MR) is 84.7 cm³/mol. The molecular formula is C17H34N2O. The number of morpholine rings is 1. The largest absolute Gasteiger partial charge is 0.378 e. The van der Waals surface area contributed by atoms with E-state index in [9.17, 15) is 0 Å². The molecule has 2 rings (SSSR count). The Morgan fingerprint density at radius 3 is 2.65 bits per heavy atom. The maximum atomic E-state index is 6.43. The molecule has 3 heteroatoms. The lowest BCUT2D eigenvalue weighted by atomic mass is 9.67. The summed E-state index contributed by atoms with van der Waals surface area (Å²) in [5.41, 5.74) is 6.85. The highest BCUT2D eigenvalue weighted by atomic mass is 16.5. The first-order valence-electron chi connectivity index (χ1n) is 8.49. The van der Waals surface area contributed by atoms with Crippen molar-refractivity contribution in [3.63, 3.8) is 0 Å². The van der Waals surface area contributed by atoms with Crippen LogP contribution < -0.4 is 5.73 Å². The van der Waals surface area contributed by atoms with Crippen molar-refractivity contribution in [1.29, 1.82) is 0 Å². The minimum atomic E-state index is 0.397. The predicted octanol–water partition coefficient (Wildman–Crippen LogP) is 2.89. The molecule has 0 aromatic heterocycles. The number of hydrogen-bond donors (Lipinski definition) is 1. The molecule has 4 unspecified atom stereocenters. The van der Waals surface area contributed by atoms with Gasteiger partial charge in [0.25, 0.3) is 0 Å². The first kappa shape index (κ1) is 16.3. The van der Waals surface area contributed by atoms with E-state index in [2.05, 4.69) is 32.6 Å². The lowest BCUT2D eigenvalue weighted by molar-refractivity contribution is -0.0238. The SMILES string of the molecule is CCC1COCCN1CC1CC(C(C)(C)C)CCC1N. The third kappa shape index (κ3) is 3.96. The Morgan fingerprint density at radius 1 is 1.25 bits per heavy atom. The number of rotatable bonds is 3. The average Bonchev–Trinajstić information content (AvgIpc) is 2.40. The van der Waals surface area contributed by atoms with Gasteiger partial charge in [0, 0.05) is 25.2 Å².